The van der Waals surface area contributed by atoms with Crippen LogP contribution in [0, 0.1) is 0 Å². The van der Waals surface area contributed by atoms with Crippen LogP contribution in [0.5, 0.6) is 5.75 Å². The van der Waals surface area contributed by atoms with E-state index in [0.29, 0.717) is 18.5 Å². The largest absolute Gasteiger partial charge is 0.489 e. The Bertz CT molecular complexity index is 1040. The van der Waals surface area contributed by atoms with Gasteiger partial charge in [-0.2, -0.15) is 0 Å². The molecule has 2 N–H and O–H groups in total. The van der Waals surface area contributed by atoms with E-state index in [-0.39, 0.29) is 30.4 Å². The van der Waals surface area contributed by atoms with Gasteiger partial charge in [0.25, 0.3) is 5.91 Å². The minimum atomic E-state index is -0.604. The molecular formula is C24H26N4O4. The number of aromatic nitrogens is 1. The molecule has 3 aliphatic rings. The molecule has 5 rings (SSSR count). The van der Waals surface area contributed by atoms with Crippen LogP contribution >= 0.6 is 0 Å². The maximum Gasteiger partial charge on any atom is 0.255 e. The lowest BCUT2D eigenvalue weighted by molar-refractivity contribution is -0.136. The van der Waals surface area contributed by atoms with Crippen molar-refractivity contribution in [3.63, 3.8) is 0 Å². The molecule has 2 aliphatic heterocycles. The predicted molar refractivity (Wildman–Crippen MR) is 116 cm³/mol. The van der Waals surface area contributed by atoms with Crippen LogP contribution in [0.15, 0.2) is 42.7 Å². The Hall–Kier alpha value is -3.26. The molecule has 8 heteroatoms. The number of fused-ring (bicyclic) bond motifs is 1. The van der Waals surface area contributed by atoms with Gasteiger partial charge < -0.3 is 15.0 Å². The van der Waals surface area contributed by atoms with Gasteiger partial charge in [-0.25, -0.2) is 0 Å². The van der Waals surface area contributed by atoms with Crippen molar-refractivity contribution < 1.29 is 19.1 Å². The van der Waals surface area contributed by atoms with E-state index in [9.17, 15) is 14.4 Å². The first-order valence-electron chi connectivity index (χ1n) is 11.1. The van der Waals surface area contributed by atoms with E-state index in [2.05, 4.69) is 21.7 Å². The van der Waals surface area contributed by atoms with Gasteiger partial charge in [-0.15, -0.1) is 0 Å². The van der Waals surface area contributed by atoms with Crippen molar-refractivity contribution in [3.8, 4) is 5.75 Å². The van der Waals surface area contributed by atoms with Crippen LogP contribution in [0.1, 0.15) is 53.6 Å². The lowest BCUT2D eigenvalue weighted by Crippen LogP contribution is -2.52. The number of benzene rings is 1. The summed E-state index contributed by atoms with van der Waals surface area (Å²) in [6.07, 6.45) is 7.44. The van der Waals surface area contributed by atoms with Crippen molar-refractivity contribution in [3.05, 3.63) is 59.4 Å². The van der Waals surface area contributed by atoms with Gasteiger partial charge in [0.2, 0.25) is 11.8 Å². The molecule has 1 aromatic carbocycles. The highest BCUT2D eigenvalue weighted by Gasteiger charge is 2.39. The second-order valence-corrected chi connectivity index (χ2v) is 8.65. The first-order valence-corrected chi connectivity index (χ1v) is 11.1. The molecule has 3 atom stereocenters. The molecule has 2 aromatic rings. The van der Waals surface area contributed by atoms with Crippen LogP contribution in [0.3, 0.4) is 0 Å². The fourth-order valence-corrected chi connectivity index (χ4v) is 4.85. The van der Waals surface area contributed by atoms with E-state index in [4.69, 9.17) is 4.74 Å². The van der Waals surface area contributed by atoms with Gasteiger partial charge in [0.05, 0.1) is 0 Å². The van der Waals surface area contributed by atoms with Gasteiger partial charge in [0.1, 0.15) is 17.9 Å². The zero-order valence-corrected chi connectivity index (χ0v) is 17.8. The minimum Gasteiger partial charge on any atom is -0.489 e. The van der Waals surface area contributed by atoms with Crippen molar-refractivity contribution in [2.45, 2.75) is 63.4 Å². The van der Waals surface area contributed by atoms with Crippen LogP contribution in [-0.2, 0) is 22.7 Å². The average Bonchev–Trinajstić information content (AvgIpc) is 3.37. The first kappa shape index (κ1) is 20.6. The number of hydrogen-bond acceptors (Lipinski definition) is 6. The SMILES string of the molecule is O=C1CCC(N2Cc3cc(O[C@@H]4CCC[C@@H]4NCc4cccnc4)ccc3C2=O)C(=O)N1. The quantitative estimate of drug-likeness (QED) is 0.674. The van der Waals surface area contributed by atoms with Crippen LogP contribution in [-0.4, -0.2) is 45.8 Å². The maximum atomic E-state index is 12.9. The van der Waals surface area contributed by atoms with E-state index in [1.165, 1.54) is 0 Å². The molecular weight excluding hydrogens is 408 g/mol. The Kier molecular flexibility index (Phi) is 5.61. The third kappa shape index (κ3) is 4.10. The Morgan fingerprint density at radius 2 is 2.06 bits per heavy atom. The van der Waals surface area contributed by atoms with E-state index >= 15 is 0 Å². The number of piperidine rings is 1. The lowest BCUT2D eigenvalue weighted by atomic mass is 10.0. The number of imide groups is 1. The number of carbonyl (C=O) groups excluding carboxylic acids is 3. The highest BCUT2D eigenvalue weighted by atomic mass is 16.5. The molecule has 1 unspecified atom stereocenters. The first-order chi connectivity index (χ1) is 15.6. The number of ether oxygens (including phenoxy) is 1. The summed E-state index contributed by atoms with van der Waals surface area (Å²) in [5, 5.41) is 5.92. The van der Waals surface area contributed by atoms with Gasteiger partial charge in [-0.3, -0.25) is 24.7 Å². The van der Waals surface area contributed by atoms with Gasteiger partial charge >= 0.3 is 0 Å². The van der Waals surface area contributed by atoms with Crippen LogP contribution in [0.2, 0.25) is 0 Å². The number of rotatable bonds is 6. The fraction of sp³-hybridized carbons (Fsp3) is 0.417. The van der Waals surface area contributed by atoms with Crippen LogP contribution in [0.4, 0.5) is 0 Å². The molecule has 2 fully saturated rings. The standard InChI is InChI=1S/C24H26N4O4/c29-22-9-8-20(23(30)27-22)28-14-16-11-17(6-7-18(16)24(28)31)32-21-5-1-4-19(21)26-13-15-3-2-10-25-12-15/h2-3,6-7,10-12,19-21,26H,1,4-5,8-9,13-14H2,(H,27,29,30)/t19-,20?,21+/m0/s1. The normalized spacial score (nSPS) is 25.1. The molecule has 8 nitrogen and oxygen atoms in total. The van der Waals surface area contributed by atoms with Crippen molar-refractivity contribution >= 4 is 17.7 Å². The molecule has 3 heterocycles. The molecule has 1 aromatic heterocycles. The van der Waals surface area contributed by atoms with Gasteiger partial charge in [-0.1, -0.05) is 6.07 Å². The monoisotopic (exact) mass is 434 g/mol. The van der Waals surface area contributed by atoms with Gasteiger partial charge in [0, 0.05) is 43.5 Å². The minimum absolute atomic E-state index is 0.0630. The Balaban J connectivity index is 1.24. The second-order valence-electron chi connectivity index (χ2n) is 8.65. The smallest absolute Gasteiger partial charge is 0.255 e. The number of carbonyl (C=O) groups is 3. The summed E-state index contributed by atoms with van der Waals surface area (Å²) >= 11 is 0. The highest BCUT2D eigenvalue weighted by molar-refractivity contribution is 6.05. The van der Waals surface area contributed by atoms with Crippen molar-refractivity contribution in [1.29, 1.82) is 0 Å². The summed E-state index contributed by atoms with van der Waals surface area (Å²) in [5.41, 5.74) is 2.59. The molecule has 1 saturated carbocycles. The Morgan fingerprint density at radius 1 is 1.16 bits per heavy atom. The summed E-state index contributed by atoms with van der Waals surface area (Å²) in [7, 11) is 0. The number of hydrogen-bond donors (Lipinski definition) is 2. The summed E-state index contributed by atoms with van der Waals surface area (Å²) in [6, 6.07) is 9.17. The van der Waals surface area contributed by atoms with E-state index in [1.807, 2.05) is 24.4 Å². The zero-order valence-electron chi connectivity index (χ0n) is 17.8. The van der Waals surface area contributed by atoms with Crippen molar-refractivity contribution in [2.75, 3.05) is 0 Å². The third-order valence-corrected chi connectivity index (χ3v) is 6.53. The molecule has 166 valence electrons. The zero-order chi connectivity index (χ0) is 22.1. The van der Waals surface area contributed by atoms with E-state index < -0.39 is 11.9 Å². The van der Waals surface area contributed by atoms with Gasteiger partial charge in [-0.05, 0) is 61.1 Å². The molecule has 1 saturated heterocycles. The topological polar surface area (TPSA) is 101 Å². The Morgan fingerprint density at radius 3 is 2.88 bits per heavy atom. The van der Waals surface area contributed by atoms with Crippen molar-refractivity contribution in [1.82, 2.24) is 20.5 Å². The molecule has 1 aliphatic carbocycles. The molecule has 32 heavy (non-hydrogen) atoms. The fourth-order valence-electron chi connectivity index (χ4n) is 4.85. The maximum absolute atomic E-state index is 12.9. The summed E-state index contributed by atoms with van der Waals surface area (Å²) in [5.74, 6) is -0.110. The van der Waals surface area contributed by atoms with Gasteiger partial charge in [0.15, 0.2) is 0 Å². The van der Waals surface area contributed by atoms with E-state index in [1.54, 1.807) is 17.2 Å². The van der Waals surface area contributed by atoms with Crippen molar-refractivity contribution in [2.24, 2.45) is 0 Å². The molecule has 3 amide bonds. The molecule has 0 bridgehead atoms. The van der Waals surface area contributed by atoms with Crippen LogP contribution in [0.25, 0.3) is 0 Å². The molecule has 0 spiro atoms. The molecule has 0 radical (unpaired) electrons. The van der Waals surface area contributed by atoms with Crippen LogP contribution < -0.4 is 15.4 Å². The lowest BCUT2D eigenvalue weighted by Gasteiger charge is -2.29. The summed E-state index contributed by atoms with van der Waals surface area (Å²) < 4.78 is 6.32. The predicted octanol–water partition coefficient (Wildman–Crippen LogP) is 1.93. The number of pyridine rings is 1. The second kappa shape index (κ2) is 8.70. The number of nitrogens with zero attached hydrogens (tertiary/aromatic N) is 2. The highest BCUT2D eigenvalue weighted by Crippen LogP contribution is 2.32. The van der Waals surface area contributed by atoms with E-state index in [0.717, 1.165) is 42.7 Å². The summed E-state index contributed by atoms with van der Waals surface area (Å²) in [6.45, 7) is 1.10. The Labute approximate surface area is 186 Å². The number of nitrogens with one attached hydrogen (secondary N) is 2. The number of amides is 3. The third-order valence-electron chi connectivity index (χ3n) is 6.53. The average molecular weight is 434 g/mol. The summed E-state index contributed by atoms with van der Waals surface area (Å²) in [4.78, 5) is 42.2.